The number of carbonyl (C=O) groups is 1. The van der Waals surface area contributed by atoms with Crippen LogP contribution in [0.1, 0.15) is 33.2 Å². The van der Waals surface area contributed by atoms with Crippen LogP contribution in [0, 0.1) is 0 Å². The maximum atomic E-state index is 12.4. The summed E-state index contributed by atoms with van der Waals surface area (Å²) in [6.07, 6.45) is 1.53. The van der Waals surface area contributed by atoms with E-state index in [-0.39, 0.29) is 11.9 Å². The van der Waals surface area contributed by atoms with Crippen molar-refractivity contribution in [2.75, 3.05) is 6.54 Å². The molecule has 0 saturated heterocycles. The van der Waals surface area contributed by atoms with Gasteiger partial charge in [0.2, 0.25) is 0 Å². The van der Waals surface area contributed by atoms with Gasteiger partial charge in [0.05, 0.1) is 17.0 Å². The zero-order valence-corrected chi connectivity index (χ0v) is 17.8. The van der Waals surface area contributed by atoms with Crippen LogP contribution in [0.5, 0.6) is 0 Å². The Balaban J connectivity index is 1.52. The Bertz CT molecular complexity index is 1240. The summed E-state index contributed by atoms with van der Waals surface area (Å²) >= 11 is 0. The number of nitrogens with one attached hydrogen (secondary N) is 1. The number of amides is 1. The summed E-state index contributed by atoms with van der Waals surface area (Å²) in [5.41, 5.74) is 14.2. The minimum atomic E-state index is -0.0692. The van der Waals surface area contributed by atoms with Crippen molar-refractivity contribution in [3.63, 3.8) is 0 Å². The van der Waals surface area contributed by atoms with Gasteiger partial charge in [-0.3, -0.25) is 9.78 Å². The largest absolute Gasteiger partial charge is 0.352 e. The van der Waals surface area contributed by atoms with E-state index in [0.29, 0.717) is 12.1 Å². The zero-order chi connectivity index (χ0) is 21.9. The van der Waals surface area contributed by atoms with E-state index in [4.69, 9.17) is 10.7 Å². The average Bonchev–Trinajstić information content (AvgIpc) is 2.85. The molecule has 1 unspecified atom stereocenters. The van der Waals surface area contributed by atoms with Crippen molar-refractivity contribution in [1.82, 2.24) is 10.3 Å². The number of aromatic nitrogens is 1. The fourth-order valence-electron chi connectivity index (χ4n) is 4.26. The van der Waals surface area contributed by atoms with Crippen molar-refractivity contribution in [3.8, 4) is 22.4 Å². The molecule has 0 saturated carbocycles. The predicted octanol–water partition coefficient (Wildman–Crippen LogP) is 4.94. The molecule has 0 bridgehead atoms. The number of nitrogens with two attached hydrogens (primary N) is 1. The second kappa shape index (κ2) is 8.77. The predicted molar refractivity (Wildman–Crippen MR) is 128 cm³/mol. The zero-order valence-electron chi connectivity index (χ0n) is 17.8. The van der Waals surface area contributed by atoms with Crippen molar-refractivity contribution in [3.05, 3.63) is 113 Å². The van der Waals surface area contributed by atoms with Gasteiger partial charge in [-0.1, -0.05) is 84.9 Å². The molecule has 0 radical (unpaired) electrons. The molecule has 0 spiro atoms. The van der Waals surface area contributed by atoms with Gasteiger partial charge in [0, 0.05) is 30.1 Å². The molecular weight excluding hydrogens is 394 g/mol. The Kier molecular flexibility index (Phi) is 5.53. The molecule has 1 aliphatic rings. The van der Waals surface area contributed by atoms with Crippen molar-refractivity contribution in [1.29, 1.82) is 0 Å². The molecule has 1 atom stereocenters. The van der Waals surface area contributed by atoms with Crippen LogP contribution in [0.25, 0.3) is 22.4 Å². The Hall–Kier alpha value is -3.76. The summed E-state index contributed by atoms with van der Waals surface area (Å²) in [4.78, 5) is 17.4. The molecule has 3 N–H and O–H groups in total. The number of hydrogen-bond donors (Lipinski definition) is 2. The van der Waals surface area contributed by atoms with Crippen LogP contribution in [0.3, 0.4) is 0 Å². The van der Waals surface area contributed by atoms with Crippen LogP contribution in [-0.4, -0.2) is 17.4 Å². The van der Waals surface area contributed by atoms with Crippen molar-refractivity contribution >= 4 is 5.91 Å². The number of benzene rings is 3. The van der Waals surface area contributed by atoms with Crippen LogP contribution in [0.4, 0.5) is 0 Å². The molecule has 32 heavy (non-hydrogen) atoms. The summed E-state index contributed by atoms with van der Waals surface area (Å²) < 4.78 is 0. The van der Waals surface area contributed by atoms with E-state index >= 15 is 0 Å². The lowest BCUT2D eigenvalue weighted by Gasteiger charge is -2.20. The van der Waals surface area contributed by atoms with E-state index in [1.54, 1.807) is 0 Å². The molecule has 2 heterocycles. The Morgan fingerprint density at radius 1 is 0.844 bits per heavy atom. The molecule has 4 heteroatoms. The molecule has 1 aromatic heterocycles. The quantitative estimate of drug-likeness (QED) is 0.481. The highest BCUT2D eigenvalue weighted by Crippen LogP contribution is 2.34. The fraction of sp³-hybridized carbons (Fsp3) is 0.143. The van der Waals surface area contributed by atoms with E-state index in [9.17, 15) is 4.79 Å². The lowest BCUT2D eigenvalue weighted by molar-refractivity contribution is 0.0945. The number of rotatable bonds is 5. The molecule has 4 aromatic rings. The standard InChI is InChI=1S/C28H25N3O/c29-25(17-19-7-3-1-4-8-19)21-11-13-22(14-12-21)27-23(20-9-5-2-6-10-20)18-24-26(31-27)15-16-30-28(24)32/h1-14,18,25H,15-17,29H2,(H,30,32). The van der Waals surface area contributed by atoms with Crippen LogP contribution < -0.4 is 11.1 Å². The monoisotopic (exact) mass is 419 g/mol. The number of nitrogens with zero attached hydrogens (tertiary/aromatic N) is 1. The highest BCUT2D eigenvalue weighted by atomic mass is 16.1. The third-order valence-corrected chi connectivity index (χ3v) is 5.99. The minimum absolute atomic E-state index is 0.0512. The Labute approximate surface area is 188 Å². The Morgan fingerprint density at radius 2 is 1.53 bits per heavy atom. The van der Waals surface area contributed by atoms with Crippen LogP contribution in [-0.2, 0) is 12.8 Å². The van der Waals surface area contributed by atoms with Gasteiger partial charge >= 0.3 is 0 Å². The first-order chi connectivity index (χ1) is 15.7. The van der Waals surface area contributed by atoms with Crippen molar-refractivity contribution < 1.29 is 4.79 Å². The van der Waals surface area contributed by atoms with Gasteiger partial charge < -0.3 is 11.1 Å². The van der Waals surface area contributed by atoms with E-state index in [0.717, 1.165) is 46.5 Å². The molecule has 1 amide bonds. The minimum Gasteiger partial charge on any atom is -0.352 e. The number of fused-ring (bicyclic) bond motifs is 1. The lowest BCUT2D eigenvalue weighted by atomic mass is 9.93. The highest BCUT2D eigenvalue weighted by Gasteiger charge is 2.22. The topological polar surface area (TPSA) is 68.0 Å². The second-order valence-corrected chi connectivity index (χ2v) is 8.17. The fourth-order valence-corrected chi connectivity index (χ4v) is 4.26. The van der Waals surface area contributed by atoms with Crippen molar-refractivity contribution in [2.24, 2.45) is 5.73 Å². The maximum absolute atomic E-state index is 12.4. The first-order valence-corrected chi connectivity index (χ1v) is 11.0. The summed E-state index contributed by atoms with van der Waals surface area (Å²) in [7, 11) is 0. The highest BCUT2D eigenvalue weighted by molar-refractivity contribution is 5.99. The molecule has 5 rings (SSSR count). The van der Waals surface area contributed by atoms with Gasteiger partial charge in [-0.05, 0) is 29.2 Å². The molecule has 0 fully saturated rings. The number of carbonyl (C=O) groups excluding carboxylic acids is 1. The molecule has 3 aromatic carbocycles. The smallest absolute Gasteiger partial charge is 0.253 e. The normalized spacial score (nSPS) is 13.8. The second-order valence-electron chi connectivity index (χ2n) is 8.17. The molecule has 158 valence electrons. The number of hydrogen-bond acceptors (Lipinski definition) is 3. The third kappa shape index (κ3) is 4.05. The molecule has 4 nitrogen and oxygen atoms in total. The van der Waals surface area contributed by atoms with E-state index < -0.39 is 0 Å². The summed E-state index contributed by atoms with van der Waals surface area (Å²) in [5.74, 6) is -0.0512. The molecular formula is C28H25N3O. The van der Waals surface area contributed by atoms with Gasteiger partial charge in [0.1, 0.15) is 0 Å². The van der Waals surface area contributed by atoms with E-state index in [2.05, 4.69) is 53.8 Å². The van der Waals surface area contributed by atoms with Crippen LogP contribution in [0.2, 0.25) is 0 Å². The number of pyridine rings is 1. The molecule has 1 aliphatic heterocycles. The average molecular weight is 420 g/mol. The van der Waals surface area contributed by atoms with Gasteiger partial charge in [-0.15, -0.1) is 0 Å². The molecule has 0 aliphatic carbocycles. The summed E-state index contributed by atoms with van der Waals surface area (Å²) in [6.45, 7) is 0.621. The summed E-state index contributed by atoms with van der Waals surface area (Å²) in [5, 5.41) is 2.92. The SMILES string of the molecule is NC(Cc1ccccc1)c1ccc(-c2nc3c(cc2-c2ccccc2)C(=O)NCC3)cc1. The first kappa shape index (κ1) is 20.2. The van der Waals surface area contributed by atoms with Crippen molar-refractivity contribution in [2.45, 2.75) is 18.9 Å². The summed E-state index contributed by atoms with van der Waals surface area (Å²) in [6, 6.07) is 30.7. The van der Waals surface area contributed by atoms with Gasteiger partial charge in [-0.2, -0.15) is 0 Å². The third-order valence-electron chi connectivity index (χ3n) is 5.99. The van der Waals surface area contributed by atoms with Crippen LogP contribution >= 0.6 is 0 Å². The first-order valence-electron chi connectivity index (χ1n) is 11.0. The van der Waals surface area contributed by atoms with Gasteiger partial charge in [0.15, 0.2) is 0 Å². The Morgan fingerprint density at radius 3 is 2.25 bits per heavy atom. The van der Waals surface area contributed by atoms with Gasteiger partial charge in [0.25, 0.3) is 5.91 Å². The van der Waals surface area contributed by atoms with E-state index in [1.165, 1.54) is 5.56 Å². The maximum Gasteiger partial charge on any atom is 0.253 e. The van der Waals surface area contributed by atoms with Gasteiger partial charge in [-0.25, -0.2) is 0 Å². The lowest BCUT2D eigenvalue weighted by Crippen LogP contribution is -2.32. The van der Waals surface area contributed by atoms with E-state index in [1.807, 2.05) is 42.5 Å². The van der Waals surface area contributed by atoms with Crippen LogP contribution in [0.15, 0.2) is 91.0 Å².